The van der Waals surface area contributed by atoms with Crippen molar-refractivity contribution in [3.63, 3.8) is 0 Å². The fraction of sp³-hybridized carbons (Fsp3) is 0.647. The Labute approximate surface area is 123 Å². The van der Waals surface area contributed by atoms with Crippen LogP contribution >= 0.6 is 0 Å². The Morgan fingerprint density at radius 1 is 1.00 bits per heavy atom. The number of piperidine rings is 1. The van der Waals surface area contributed by atoms with Crippen molar-refractivity contribution >= 4 is 5.69 Å². The summed E-state index contributed by atoms with van der Waals surface area (Å²) in [5, 5.41) is 3.71. The van der Waals surface area contributed by atoms with Crippen molar-refractivity contribution in [3.05, 3.63) is 29.8 Å². The average molecular weight is 273 g/mol. The van der Waals surface area contributed by atoms with Crippen LogP contribution in [0.4, 0.5) is 5.69 Å². The van der Waals surface area contributed by atoms with Gasteiger partial charge in [-0.2, -0.15) is 0 Å². The third-order valence-corrected chi connectivity index (χ3v) is 4.72. The zero-order valence-corrected chi connectivity index (χ0v) is 12.6. The molecule has 1 aromatic rings. The molecule has 2 aliphatic heterocycles. The number of anilines is 1. The summed E-state index contributed by atoms with van der Waals surface area (Å²) in [6.07, 6.45) is 5.25. The lowest BCUT2D eigenvalue weighted by molar-refractivity contribution is 0.234. The van der Waals surface area contributed by atoms with Gasteiger partial charge in [0.2, 0.25) is 0 Å². The molecule has 2 fully saturated rings. The molecular weight excluding hydrogens is 246 g/mol. The zero-order valence-electron chi connectivity index (χ0n) is 12.6. The molecule has 1 N–H and O–H groups in total. The Morgan fingerprint density at radius 2 is 1.65 bits per heavy atom. The summed E-state index contributed by atoms with van der Waals surface area (Å²) in [5.41, 5.74) is 2.80. The molecule has 0 atom stereocenters. The van der Waals surface area contributed by atoms with Gasteiger partial charge >= 0.3 is 0 Å². The minimum absolute atomic E-state index is 0.699. The van der Waals surface area contributed by atoms with E-state index in [9.17, 15) is 0 Å². The Hall–Kier alpha value is -1.06. The van der Waals surface area contributed by atoms with Crippen LogP contribution in [0.1, 0.15) is 31.2 Å². The van der Waals surface area contributed by atoms with Crippen LogP contribution in [0.2, 0.25) is 0 Å². The number of nitrogens with zero attached hydrogens (tertiary/aromatic N) is 2. The van der Waals surface area contributed by atoms with Crippen molar-refractivity contribution in [3.8, 4) is 0 Å². The molecular formula is C17H27N3. The number of benzene rings is 1. The lowest BCUT2D eigenvalue weighted by atomic mass is 10.1. The van der Waals surface area contributed by atoms with Gasteiger partial charge in [-0.15, -0.1) is 0 Å². The zero-order chi connectivity index (χ0) is 13.8. The first kappa shape index (κ1) is 13.9. The maximum Gasteiger partial charge on any atom is 0.0366 e. The van der Waals surface area contributed by atoms with Crippen LogP contribution in [-0.4, -0.2) is 44.2 Å². The fourth-order valence-electron chi connectivity index (χ4n) is 3.27. The normalized spacial score (nSPS) is 21.6. The van der Waals surface area contributed by atoms with Crippen molar-refractivity contribution < 1.29 is 0 Å². The monoisotopic (exact) mass is 273 g/mol. The Balaban J connectivity index is 1.48. The smallest absolute Gasteiger partial charge is 0.0366 e. The van der Waals surface area contributed by atoms with Crippen molar-refractivity contribution in [2.24, 2.45) is 0 Å². The molecule has 0 spiro atoms. The number of nitrogens with one attached hydrogen (secondary N) is 1. The molecule has 2 saturated heterocycles. The van der Waals surface area contributed by atoms with Gasteiger partial charge in [0.15, 0.2) is 0 Å². The minimum Gasteiger partial charge on any atom is -0.372 e. The first-order valence-corrected chi connectivity index (χ1v) is 8.07. The van der Waals surface area contributed by atoms with Gasteiger partial charge in [-0.1, -0.05) is 12.1 Å². The highest BCUT2D eigenvalue weighted by atomic mass is 15.1. The number of hydrogen-bond donors (Lipinski definition) is 1. The highest BCUT2D eigenvalue weighted by molar-refractivity contribution is 5.48. The first-order valence-electron chi connectivity index (χ1n) is 8.07. The Bertz CT molecular complexity index is 401. The fourth-order valence-corrected chi connectivity index (χ4v) is 3.27. The molecule has 2 aliphatic rings. The van der Waals surface area contributed by atoms with E-state index >= 15 is 0 Å². The Morgan fingerprint density at radius 3 is 2.30 bits per heavy atom. The van der Waals surface area contributed by atoms with Crippen LogP contribution in [0.5, 0.6) is 0 Å². The van der Waals surface area contributed by atoms with Crippen molar-refractivity contribution in [2.75, 3.05) is 38.1 Å². The summed E-state index contributed by atoms with van der Waals surface area (Å²) in [6.45, 7) is 5.92. The summed E-state index contributed by atoms with van der Waals surface area (Å²) in [5.74, 6) is 0. The summed E-state index contributed by atoms with van der Waals surface area (Å²) in [6, 6.07) is 9.85. The van der Waals surface area contributed by atoms with Gasteiger partial charge in [0, 0.05) is 31.4 Å². The molecule has 0 radical (unpaired) electrons. The van der Waals surface area contributed by atoms with E-state index in [0.717, 1.165) is 6.54 Å². The molecule has 0 aromatic heterocycles. The van der Waals surface area contributed by atoms with E-state index in [0.29, 0.717) is 6.04 Å². The maximum atomic E-state index is 3.71. The van der Waals surface area contributed by atoms with Crippen LogP contribution in [0, 0.1) is 0 Å². The molecule has 0 amide bonds. The third-order valence-electron chi connectivity index (χ3n) is 4.72. The van der Waals surface area contributed by atoms with Gasteiger partial charge in [-0.3, -0.25) is 0 Å². The molecule has 0 saturated carbocycles. The van der Waals surface area contributed by atoms with Crippen LogP contribution in [0.15, 0.2) is 24.3 Å². The topological polar surface area (TPSA) is 18.5 Å². The molecule has 110 valence electrons. The SMILES string of the molecule is CN1CCC(NCc2ccc(N3CCCC3)cc2)CC1. The van der Waals surface area contributed by atoms with Crippen LogP contribution in [0.3, 0.4) is 0 Å². The van der Waals surface area contributed by atoms with Crippen molar-refractivity contribution in [2.45, 2.75) is 38.3 Å². The maximum absolute atomic E-state index is 3.71. The van der Waals surface area contributed by atoms with E-state index in [1.54, 1.807) is 0 Å². The highest BCUT2D eigenvalue weighted by Gasteiger charge is 2.16. The second kappa shape index (κ2) is 6.59. The van der Waals surface area contributed by atoms with Gasteiger partial charge in [0.05, 0.1) is 0 Å². The third kappa shape index (κ3) is 3.53. The predicted octanol–water partition coefficient (Wildman–Crippen LogP) is 2.47. The highest BCUT2D eigenvalue weighted by Crippen LogP contribution is 2.20. The van der Waals surface area contributed by atoms with Crippen molar-refractivity contribution in [1.29, 1.82) is 0 Å². The van der Waals surface area contributed by atoms with Crippen molar-refractivity contribution in [1.82, 2.24) is 10.2 Å². The second-order valence-corrected chi connectivity index (χ2v) is 6.32. The number of rotatable bonds is 4. The minimum atomic E-state index is 0.699. The van der Waals surface area contributed by atoms with Gasteiger partial charge < -0.3 is 15.1 Å². The average Bonchev–Trinajstić information content (AvgIpc) is 3.01. The molecule has 0 aliphatic carbocycles. The lowest BCUT2D eigenvalue weighted by Gasteiger charge is -2.29. The number of likely N-dealkylation sites (tertiary alicyclic amines) is 1. The van der Waals surface area contributed by atoms with E-state index in [1.165, 1.54) is 63.1 Å². The quantitative estimate of drug-likeness (QED) is 0.909. The molecule has 1 aromatic carbocycles. The van der Waals surface area contributed by atoms with E-state index < -0.39 is 0 Å². The second-order valence-electron chi connectivity index (χ2n) is 6.32. The van der Waals surface area contributed by atoms with Crippen LogP contribution in [-0.2, 0) is 6.54 Å². The van der Waals surface area contributed by atoms with E-state index in [1.807, 2.05) is 0 Å². The number of hydrogen-bond acceptors (Lipinski definition) is 3. The summed E-state index contributed by atoms with van der Waals surface area (Å²) >= 11 is 0. The molecule has 3 nitrogen and oxygen atoms in total. The standard InChI is InChI=1S/C17H27N3/c1-19-12-8-16(9-13-19)18-14-15-4-6-17(7-5-15)20-10-2-3-11-20/h4-7,16,18H,2-3,8-14H2,1H3. The molecule has 3 heteroatoms. The molecule has 20 heavy (non-hydrogen) atoms. The Kier molecular flexibility index (Phi) is 4.58. The van der Waals surface area contributed by atoms with Gasteiger partial charge in [0.1, 0.15) is 0 Å². The lowest BCUT2D eigenvalue weighted by Crippen LogP contribution is -2.40. The first-order chi connectivity index (χ1) is 9.81. The summed E-state index contributed by atoms with van der Waals surface area (Å²) in [7, 11) is 2.22. The van der Waals surface area contributed by atoms with Gasteiger partial charge in [-0.05, 0) is 63.5 Å². The van der Waals surface area contributed by atoms with Crippen LogP contribution < -0.4 is 10.2 Å². The van der Waals surface area contributed by atoms with E-state index in [-0.39, 0.29) is 0 Å². The largest absolute Gasteiger partial charge is 0.372 e. The van der Waals surface area contributed by atoms with Gasteiger partial charge in [0.25, 0.3) is 0 Å². The molecule has 2 heterocycles. The summed E-state index contributed by atoms with van der Waals surface area (Å²) in [4.78, 5) is 4.91. The summed E-state index contributed by atoms with van der Waals surface area (Å²) < 4.78 is 0. The molecule has 0 bridgehead atoms. The molecule has 3 rings (SSSR count). The van der Waals surface area contributed by atoms with Gasteiger partial charge in [-0.25, -0.2) is 0 Å². The molecule has 0 unspecified atom stereocenters. The van der Waals surface area contributed by atoms with E-state index in [2.05, 4.69) is 46.4 Å². The van der Waals surface area contributed by atoms with E-state index in [4.69, 9.17) is 0 Å². The van der Waals surface area contributed by atoms with Crippen LogP contribution in [0.25, 0.3) is 0 Å². The predicted molar refractivity (Wildman–Crippen MR) is 85.2 cm³/mol.